The number of hydrogen-bond donors (Lipinski definition) is 1. The molecule has 0 aliphatic heterocycles. The standard InChI is InChI=1S/C23H21N3O6/c1-2-3-13-31-23(28)17-9-7-16(8-10-17)21-12-11-20(32-21)15-24-25-22(27)18-5-4-6-19(14-18)26(29)30/h4-12,14-15H,2-3,13H2,1H3,(H,25,27)/b24-15-. The molecule has 1 amide bonds. The van der Waals surface area contributed by atoms with Gasteiger partial charge < -0.3 is 9.15 Å². The van der Waals surface area contributed by atoms with Gasteiger partial charge in [-0.2, -0.15) is 5.10 Å². The van der Waals surface area contributed by atoms with Gasteiger partial charge in [-0.1, -0.05) is 31.5 Å². The third-order valence-corrected chi connectivity index (χ3v) is 4.44. The van der Waals surface area contributed by atoms with Crippen molar-refractivity contribution in [3.05, 3.63) is 87.7 Å². The Morgan fingerprint density at radius 3 is 2.62 bits per heavy atom. The fourth-order valence-electron chi connectivity index (χ4n) is 2.72. The van der Waals surface area contributed by atoms with Gasteiger partial charge in [0.25, 0.3) is 11.6 Å². The second-order valence-corrected chi connectivity index (χ2v) is 6.78. The maximum atomic E-state index is 12.1. The van der Waals surface area contributed by atoms with Crippen molar-refractivity contribution in [2.45, 2.75) is 19.8 Å². The summed E-state index contributed by atoms with van der Waals surface area (Å²) in [5, 5.41) is 14.6. The number of benzene rings is 2. The van der Waals surface area contributed by atoms with Gasteiger partial charge in [0.05, 0.1) is 23.3 Å². The molecule has 1 N–H and O–H groups in total. The summed E-state index contributed by atoms with van der Waals surface area (Å²) in [6, 6.07) is 15.6. The van der Waals surface area contributed by atoms with E-state index in [-0.39, 0.29) is 17.2 Å². The smallest absolute Gasteiger partial charge is 0.338 e. The zero-order chi connectivity index (χ0) is 22.9. The molecule has 0 unspecified atom stereocenters. The Morgan fingerprint density at radius 1 is 1.12 bits per heavy atom. The summed E-state index contributed by atoms with van der Waals surface area (Å²) in [7, 11) is 0. The summed E-state index contributed by atoms with van der Waals surface area (Å²) in [6.45, 7) is 2.42. The Morgan fingerprint density at radius 2 is 1.91 bits per heavy atom. The maximum absolute atomic E-state index is 12.1. The van der Waals surface area contributed by atoms with E-state index in [0.29, 0.717) is 23.7 Å². The van der Waals surface area contributed by atoms with E-state index >= 15 is 0 Å². The monoisotopic (exact) mass is 435 g/mol. The van der Waals surface area contributed by atoms with Crippen LogP contribution in [0.2, 0.25) is 0 Å². The van der Waals surface area contributed by atoms with E-state index in [1.807, 2.05) is 6.92 Å². The lowest BCUT2D eigenvalue weighted by Gasteiger charge is -2.04. The van der Waals surface area contributed by atoms with E-state index in [4.69, 9.17) is 9.15 Å². The number of carbonyl (C=O) groups excluding carboxylic acids is 2. The van der Waals surface area contributed by atoms with Crippen molar-refractivity contribution in [2.75, 3.05) is 6.61 Å². The molecule has 3 rings (SSSR count). The molecule has 2 aromatic carbocycles. The minimum atomic E-state index is -0.585. The average Bonchev–Trinajstić information content (AvgIpc) is 3.28. The molecule has 0 bridgehead atoms. The van der Waals surface area contributed by atoms with Gasteiger partial charge in [-0.3, -0.25) is 14.9 Å². The number of unbranched alkanes of at least 4 members (excludes halogenated alkanes) is 1. The van der Waals surface area contributed by atoms with Crippen LogP contribution in [-0.2, 0) is 4.74 Å². The lowest BCUT2D eigenvalue weighted by atomic mass is 10.1. The fourth-order valence-corrected chi connectivity index (χ4v) is 2.72. The van der Waals surface area contributed by atoms with Crippen LogP contribution >= 0.6 is 0 Å². The quantitative estimate of drug-likeness (QED) is 0.173. The lowest BCUT2D eigenvalue weighted by molar-refractivity contribution is -0.384. The van der Waals surface area contributed by atoms with Gasteiger partial charge in [0, 0.05) is 23.3 Å². The molecular formula is C23H21N3O6. The summed E-state index contributed by atoms with van der Waals surface area (Å²) >= 11 is 0. The molecule has 0 aliphatic rings. The van der Waals surface area contributed by atoms with Crippen molar-refractivity contribution < 1.29 is 23.7 Å². The van der Waals surface area contributed by atoms with Gasteiger partial charge in [0.15, 0.2) is 0 Å². The molecule has 0 spiro atoms. The summed E-state index contributed by atoms with van der Waals surface area (Å²) in [4.78, 5) is 34.3. The van der Waals surface area contributed by atoms with E-state index in [1.54, 1.807) is 36.4 Å². The van der Waals surface area contributed by atoms with Gasteiger partial charge in [-0.25, -0.2) is 10.2 Å². The van der Waals surface area contributed by atoms with Crippen LogP contribution in [0.4, 0.5) is 5.69 Å². The van der Waals surface area contributed by atoms with Crippen LogP contribution < -0.4 is 5.43 Å². The molecule has 164 valence electrons. The van der Waals surface area contributed by atoms with Crippen molar-refractivity contribution in [3.8, 4) is 11.3 Å². The van der Waals surface area contributed by atoms with Crippen LogP contribution in [0, 0.1) is 10.1 Å². The summed E-state index contributed by atoms with van der Waals surface area (Å²) in [6.07, 6.45) is 3.10. The predicted octanol–water partition coefficient (Wildman–Crippen LogP) is 4.58. The molecule has 32 heavy (non-hydrogen) atoms. The van der Waals surface area contributed by atoms with Crippen LogP contribution in [0.5, 0.6) is 0 Å². The van der Waals surface area contributed by atoms with E-state index in [9.17, 15) is 19.7 Å². The number of nitrogens with zero attached hydrogens (tertiary/aromatic N) is 2. The number of hydrazone groups is 1. The van der Waals surface area contributed by atoms with Gasteiger partial charge in [0.1, 0.15) is 11.5 Å². The van der Waals surface area contributed by atoms with Crippen molar-refractivity contribution in [2.24, 2.45) is 5.10 Å². The van der Waals surface area contributed by atoms with Crippen LogP contribution in [0.25, 0.3) is 11.3 Å². The van der Waals surface area contributed by atoms with Crippen LogP contribution in [0.15, 0.2) is 70.2 Å². The molecule has 0 atom stereocenters. The number of amides is 1. The second-order valence-electron chi connectivity index (χ2n) is 6.78. The third-order valence-electron chi connectivity index (χ3n) is 4.44. The van der Waals surface area contributed by atoms with Crippen LogP contribution in [0.1, 0.15) is 46.2 Å². The highest BCUT2D eigenvalue weighted by Crippen LogP contribution is 2.22. The molecule has 1 aromatic heterocycles. The first-order valence-corrected chi connectivity index (χ1v) is 9.93. The van der Waals surface area contributed by atoms with Crippen molar-refractivity contribution in [1.82, 2.24) is 5.43 Å². The number of hydrogen-bond acceptors (Lipinski definition) is 7. The number of esters is 1. The van der Waals surface area contributed by atoms with Crippen LogP contribution in [0.3, 0.4) is 0 Å². The topological polar surface area (TPSA) is 124 Å². The van der Waals surface area contributed by atoms with Gasteiger partial charge in [-0.05, 0) is 36.8 Å². The van der Waals surface area contributed by atoms with Crippen molar-refractivity contribution >= 4 is 23.8 Å². The van der Waals surface area contributed by atoms with E-state index in [1.165, 1.54) is 30.5 Å². The van der Waals surface area contributed by atoms with Gasteiger partial charge in [0.2, 0.25) is 0 Å². The highest BCUT2D eigenvalue weighted by molar-refractivity contribution is 5.95. The van der Waals surface area contributed by atoms with Crippen molar-refractivity contribution in [3.63, 3.8) is 0 Å². The number of rotatable bonds is 9. The normalized spacial score (nSPS) is 10.8. The number of nitro benzene ring substituents is 1. The number of carbonyl (C=O) groups is 2. The number of nitrogens with one attached hydrogen (secondary N) is 1. The first kappa shape index (κ1) is 22.4. The molecule has 0 aliphatic carbocycles. The Kier molecular flexibility index (Phi) is 7.47. The minimum Gasteiger partial charge on any atom is -0.462 e. The third kappa shape index (κ3) is 5.88. The Bertz CT molecular complexity index is 1130. The summed E-state index contributed by atoms with van der Waals surface area (Å²) in [5.74, 6) is -0.000321. The molecule has 0 saturated carbocycles. The van der Waals surface area contributed by atoms with E-state index < -0.39 is 10.8 Å². The van der Waals surface area contributed by atoms with Gasteiger partial charge in [-0.15, -0.1) is 0 Å². The first-order chi connectivity index (χ1) is 15.5. The fraction of sp³-hybridized carbons (Fsp3) is 0.174. The van der Waals surface area contributed by atoms with Gasteiger partial charge >= 0.3 is 5.97 Å². The maximum Gasteiger partial charge on any atom is 0.338 e. The number of non-ortho nitro benzene ring substituents is 1. The summed E-state index contributed by atoms with van der Waals surface area (Å²) < 4.78 is 10.9. The highest BCUT2D eigenvalue weighted by Gasteiger charge is 2.11. The molecule has 0 fully saturated rings. The SMILES string of the molecule is CCCCOC(=O)c1ccc(-c2ccc(/C=N\NC(=O)c3cccc([N+](=O)[O-])c3)o2)cc1. The molecule has 3 aromatic rings. The predicted molar refractivity (Wildman–Crippen MR) is 117 cm³/mol. The molecular weight excluding hydrogens is 414 g/mol. The summed E-state index contributed by atoms with van der Waals surface area (Å²) in [5.41, 5.74) is 3.45. The number of nitro groups is 1. The average molecular weight is 435 g/mol. The lowest BCUT2D eigenvalue weighted by Crippen LogP contribution is -2.17. The molecule has 1 heterocycles. The Labute approximate surface area is 183 Å². The largest absolute Gasteiger partial charge is 0.462 e. The number of furan rings is 1. The van der Waals surface area contributed by atoms with Crippen molar-refractivity contribution in [1.29, 1.82) is 0 Å². The Balaban J connectivity index is 1.59. The minimum absolute atomic E-state index is 0.116. The van der Waals surface area contributed by atoms with E-state index in [2.05, 4.69) is 10.5 Å². The first-order valence-electron chi connectivity index (χ1n) is 9.93. The molecule has 0 saturated heterocycles. The second kappa shape index (κ2) is 10.7. The molecule has 9 nitrogen and oxygen atoms in total. The Hall–Kier alpha value is -4.27. The highest BCUT2D eigenvalue weighted by atomic mass is 16.6. The molecule has 0 radical (unpaired) electrons. The molecule has 9 heteroatoms. The zero-order valence-electron chi connectivity index (χ0n) is 17.3. The number of ether oxygens (including phenoxy) is 1. The van der Waals surface area contributed by atoms with Crippen LogP contribution in [-0.4, -0.2) is 29.6 Å². The zero-order valence-corrected chi connectivity index (χ0v) is 17.3. The van der Waals surface area contributed by atoms with E-state index in [0.717, 1.165) is 18.4 Å².